The van der Waals surface area contributed by atoms with Gasteiger partial charge in [0.05, 0.1) is 6.54 Å². The minimum absolute atomic E-state index is 0.215. The molecule has 104 valence electrons. The average molecular weight is 267 g/mol. The Labute approximate surface area is 111 Å². The van der Waals surface area contributed by atoms with E-state index in [4.69, 9.17) is 9.26 Å². The number of carbonyl (C=O) groups excluding carboxylic acids is 1. The number of nitrogens with zero attached hydrogens (tertiary/aromatic N) is 3. The van der Waals surface area contributed by atoms with Crippen molar-refractivity contribution < 1.29 is 19.2 Å². The Morgan fingerprint density at radius 1 is 1.79 bits per heavy atom. The van der Waals surface area contributed by atoms with Crippen molar-refractivity contribution in [3.05, 3.63) is 24.5 Å². The molecule has 1 aromatic heterocycles. The highest BCUT2D eigenvalue weighted by Gasteiger charge is 2.38. The monoisotopic (exact) mass is 267 g/mol. The Morgan fingerprint density at radius 3 is 3.16 bits per heavy atom. The number of β-amino-alcohol motifs (C(OH)–C–C–N with tert-alkyl or cyclic N) is 1. The Bertz CT molecular complexity index is 473. The lowest BCUT2D eigenvalue weighted by atomic mass is 10.3. The second-order valence-corrected chi connectivity index (χ2v) is 4.29. The van der Waals surface area contributed by atoms with Gasteiger partial charge in [0.2, 0.25) is 0 Å². The summed E-state index contributed by atoms with van der Waals surface area (Å²) in [4.78, 5) is 14.8. The molecule has 1 aromatic rings. The van der Waals surface area contributed by atoms with Crippen LogP contribution in [0.5, 0.6) is 0 Å². The normalized spacial score (nSPS) is 21.0. The third-order valence-corrected chi connectivity index (χ3v) is 3.02. The molecule has 0 saturated carbocycles. The molecule has 7 heteroatoms. The predicted octanol–water partition coefficient (Wildman–Crippen LogP) is 1.13. The van der Waals surface area contributed by atoms with E-state index in [0.717, 1.165) is 0 Å². The van der Waals surface area contributed by atoms with E-state index in [9.17, 15) is 9.90 Å². The van der Waals surface area contributed by atoms with Gasteiger partial charge in [-0.1, -0.05) is 11.2 Å². The molecule has 0 aliphatic carbocycles. The van der Waals surface area contributed by atoms with Crippen molar-refractivity contribution in [2.45, 2.75) is 19.3 Å². The second-order valence-electron chi connectivity index (χ2n) is 4.29. The fourth-order valence-corrected chi connectivity index (χ4v) is 1.90. The zero-order chi connectivity index (χ0) is 14.0. The number of urea groups is 1. The van der Waals surface area contributed by atoms with Crippen LogP contribution in [0.3, 0.4) is 0 Å². The first-order valence-corrected chi connectivity index (χ1v) is 5.95. The van der Waals surface area contributed by atoms with Gasteiger partial charge in [-0.2, -0.15) is 0 Å². The molecule has 2 atom stereocenters. The van der Waals surface area contributed by atoms with Gasteiger partial charge in [-0.05, 0) is 6.92 Å². The highest BCUT2D eigenvalue weighted by molar-refractivity contribution is 5.93. The molecule has 0 spiro atoms. The Morgan fingerprint density at radius 2 is 2.53 bits per heavy atom. The fourth-order valence-electron chi connectivity index (χ4n) is 1.90. The molecule has 19 heavy (non-hydrogen) atoms. The van der Waals surface area contributed by atoms with Crippen molar-refractivity contribution in [3.8, 4) is 0 Å². The molecule has 2 rings (SSSR count). The molecule has 1 fully saturated rings. The van der Waals surface area contributed by atoms with Crippen LogP contribution in [-0.4, -0.2) is 47.6 Å². The molecule has 2 heterocycles. The molecule has 1 saturated heterocycles. The average Bonchev–Trinajstić information content (AvgIpc) is 2.95. The van der Waals surface area contributed by atoms with Crippen LogP contribution in [0.15, 0.2) is 23.2 Å². The molecule has 2 unspecified atom stereocenters. The molecular weight excluding hydrogens is 250 g/mol. The van der Waals surface area contributed by atoms with Crippen LogP contribution >= 0.6 is 0 Å². The number of aliphatic hydroxyl groups excluding tert-OH is 1. The van der Waals surface area contributed by atoms with Crippen LogP contribution in [0, 0.1) is 0 Å². The van der Waals surface area contributed by atoms with Crippen molar-refractivity contribution in [3.63, 3.8) is 0 Å². The van der Waals surface area contributed by atoms with Crippen LogP contribution in [0.1, 0.15) is 18.8 Å². The first-order chi connectivity index (χ1) is 9.08. The van der Waals surface area contributed by atoms with E-state index in [1.54, 1.807) is 26.2 Å². The van der Waals surface area contributed by atoms with Crippen LogP contribution in [0.2, 0.25) is 0 Å². The van der Waals surface area contributed by atoms with E-state index < -0.39 is 6.23 Å². The van der Waals surface area contributed by atoms with Crippen LogP contribution in [-0.2, 0) is 4.74 Å². The van der Waals surface area contributed by atoms with Crippen molar-refractivity contribution in [1.82, 2.24) is 10.1 Å². The molecule has 1 N–H and O–H groups in total. The maximum absolute atomic E-state index is 12.1. The molecule has 0 aromatic carbocycles. The van der Waals surface area contributed by atoms with Crippen molar-refractivity contribution >= 4 is 11.8 Å². The first kappa shape index (κ1) is 13.6. The largest absolute Gasteiger partial charge is 0.374 e. The molecule has 7 nitrogen and oxygen atoms in total. The summed E-state index contributed by atoms with van der Waals surface area (Å²) < 4.78 is 10.2. The number of carbonyl (C=O) groups is 1. The van der Waals surface area contributed by atoms with Gasteiger partial charge in [-0.3, -0.25) is 0 Å². The number of aromatic nitrogens is 1. The highest BCUT2D eigenvalue weighted by Crippen LogP contribution is 2.26. The lowest BCUT2D eigenvalue weighted by Crippen LogP contribution is -2.35. The Hall–Kier alpha value is -1.86. The molecule has 2 amide bonds. The molecule has 0 bridgehead atoms. The number of ether oxygens (including phenoxy) is 1. The molecular formula is C12H17N3O4. The SMILES string of the molecule is C=CCN1CC(O)N(c2cc(C(C)OC)on2)C1=O. The van der Waals surface area contributed by atoms with E-state index in [0.29, 0.717) is 12.3 Å². The van der Waals surface area contributed by atoms with Gasteiger partial charge in [-0.25, -0.2) is 9.69 Å². The highest BCUT2D eigenvalue weighted by atomic mass is 16.5. The summed E-state index contributed by atoms with van der Waals surface area (Å²) in [7, 11) is 1.55. The standard InChI is InChI=1S/C12H17N3O4/c1-4-5-14-7-11(16)15(12(14)17)10-6-9(19-13-10)8(2)18-3/h4,6,8,11,16H,1,5,7H2,2-3H3. The van der Waals surface area contributed by atoms with E-state index >= 15 is 0 Å². The van der Waals surface area contributed by atoms with E-state index in [-0.39, 0.29) is 24.5 Å². The number of aliphatic hydroxyl groups is 1. The summed E-state index contributed by atoms with van der Waals surface area (Å²) in [6.07, 6.45) is 0.402. The van der Waals surface area contributed by atoms with Gasteiger partial charge in [-0.15, -0.1) is 6.58 Å². The Kier molecular flexibility index (Phi) is 3.87. The maximum atomic E-state index is 12.1. The summed E-state index contributed by atoms with van der Waals surface area (Å²) in [6, 6.07) is 1.27. The first-order valence-electron chi connectivity index (χ1n) is 5.95. The minimum atomic E-state index is -0.941. The third-order valence-electron chi connectivity index (χ3n) is 3.02. The van der Waals surface area contributed by atoms with Gasteiger partial charge in [0.1, 0.15) is 6.10 Å². The van der Waals surface area contributed by atoms with E-state index in [1.807, 2.05) is 0 Å². The third kappa shape index (κ3) is 2.47. The van der Waals surface area contributed by atoms with Gasteiger partial charge in [0.25, 0.3) is 0 Å². The number of amides is 2. The zero-order valence-electron chi connectivity index (χ0n) is 10.9. The summed E-state index contributed by atoms with van der Waals surface area (Å²) in [5.74, 6) is 0.780. The molecule has 1 aliphatic heterocycles. The quantitative estimate of drug-likeness (QED) is 0.809. The van der Waals surface area contributed by atoms with E-state index in [2.05, 4.69) is 11.7 Å². The predicted molar refractivity (Wildman–Crippen MR) is 67.6 cm³/mol. The smallest absolute Gasteiger partial charge is 0.328 e. The number of anilines is 1. The van der Waals surface area contributed by atoms with Crippen molar-refractivity contribution in [2.75, 3.05) is 25.1 Å². The lowest BCUT2D eigenvalue weighted by Gasteiger charge is -2.15. The molecule has 1 aliphatic rings. The fraction of sp³-hybridized carbons (Fsp3) is 0.500. The topological polar surface area (TPSA) is 79.0 Å². The lowest BCUT2D eigenvalue weighted by molar-refractivity contribution is 0.0931. The number of hydrogen-bond donors (Lipinski definition) is 1. The minimum Gasteiger partial charge on any atom is -0.374 e. The van der Waals surface area contributed by atoms with Crippen molar-refractivity contribution in [1.29, 1.82) is 0 Å². The van der Waals surface area contributed by atoms with E-state index in [1.165, 1.54) is 9.80 Å². The van der Waals surface area contributed by atoms with Crippen LogP contribution < -0.4 is 4.90 Å². The van der Waals surface area contributed by atoms with Gasteiger partial charge >= 0.3 is 6.03 Å². The summed E-state index contributed by atoms with van der Waals surface area (Å²) in [5, 5.41) is 13.7. The van der Waals surface area contributed by atoms with Crippen molar-refractivity contribution in [2.24, 2.45) is 0 Å². The molecule has 0 radical (unpaired) electrons. The van der Waals surface area contributed by atoms with Crippen LogP contribution in [0.4, 0.5) is 10.6 Å². The van der Waals surface area contributed by atoms with Gasteiger partial charge < -0.3 is 19.3 Å². The summed E-state index contributed by atoms with van der Waals surface area (Å²) >= 11 is 0. The van der Waals surface area contributed by atoms with Gasteiger partial charge in [0.15, 0.2) is 17.8 Å². The summed E-state index contributed by atoms with van der Waals surface area (Å²) in [5.41, 5.74) is 0. The maximum Gasteiger partial charge on any atom is 0.328 e. The Balaban J connectivity index is 2.19. The number of rotatable bonds is 5. The number of hydrogen-bond acceptors (Lipinski definition) is 5. The second kappa shape index (κ2) is 5.41. The zero-order valence-corrected chi connectivity index (χ0v) is 10.9. The van der Waals surface area contributed by atoms with Gasteiger partial charge in [0, 0.05) is 19.7 Å². The van der Waals surface area contributed by atoms with Crippen LogP contribution in [0.25, 0.3) is 0 Å². The number of methoxy groups -OCH3 is 1. The summed E-state index contributed by atoms with van der Waals surface area (Å²) in [6.45, 7) is 5.97.